The second-order valence-electron chi connectivity index (χ2n) is 7.04. The summed E-state index contributed by atoms with van der Waals surface area (Å²) < 4.78 is 5.29. The van der Waals surface area contributed by atoms with E-state index in [2.05, 4.69) is 27.4 Å². The van der Waals surface area contributed by atoms with Crippen LogP contribution in [0.25, 0.3) is 0 Å². The van der Waals surface area contributed by atoms with Crippen LogP contribution in [0.1, 0.15) is 53.9 Å². The third-order valence-corrected chi connectivity index (χ3v) is 3.60. The maximum Gasteiger partial charge on any atom is 0.328 e. The molecule has 1 aliphatic heterocycles. The van der Waals surface area contributed by atoms with Gasteiger partial charge in [-0.25, -0.2) is 4.99 Å². The van der Waals surface area contributed by atoms with E-state index in [1.165, 1.54) is 13.0 Å². The van der Waals surface area contributed by atoms with Gasteiger partial charge in [0.25, 0.3) is 0 Å². The van der Waals surface area contributed by atoms with Crippen molar-refractivity contribution in [3.05, 3.63) is 0 Å². The standard InChI is InChI=1S/C17H34N4O2.HI/c1-6-10-21-11-8-14(9-12-21)20-16(18-7-2)19-13-15(22)23-17(3,4)5;/h14H,6-13H2,1-5H3,(H2,18,19,20);1H. The van der Waals surface area contributed by atoms with Crippen LogP contribution in [0.4, 0.5) is 0 Å². The van der Waals surface area contributed by atoms with Crippen molar-refractivity contribution >= 4 is 35.9 Å². The second-order valence-corrected chi connectivity index (χ2v) is 7.04. The molecule has 1 aliphatic rings. The molecule has 1 heterocycles. The topological polar surface area (TPSA) is 66.0 Å². The number of carbonyl (C=O) groups excluding carboxylic acids is 1. The van der Waals surface area contributed by atoms with Gasteiger partial charge >= 0.3 is 5.97 Å². The van der Waals surface area contributed by atoms with E-state index in [0.717, 1.165) is 32.5 Å². The maximum atomic E-state index is 11.8. The van der Waals surface area contributed by atoms with Gasteiger partial charge in [-0.05, 0) is 53.5 Å². The minimum absolute atomic E-state index is 0. The zero-order valence-electron chi connectivity index (χ0n) is 15.9. The Hall–Kier alpha value is -0.570. The first-order valence-electron chi connectivity index (χ1n) is 8.83. The number of halogens is 1. The summed E-state index contributed by atoms with van der Waals surface area (Å²) in [5.41, 5.74) is -0.468. The van der Waals surface area contributed by atoms with Crippen LogP contribution in [0, 0.1) is 0 Å². The maximum absolute atomic E-state index is 11.8. The van der Waals surface area contributed by atoms with E-state index in [-0.39, 0.29) is 36.5 Å². The van der Waals surface area contributed by atoms with Crippen molar-refractivity contribution in [2.45, 2.75) is 65.5 Å². The fourth-order valence-electron chi connectivity index (χ4n) is 2.65. The number of likely N-dealkylation sites (tertiary alicyclic amines) is 1. The fraction of sp³-hybridized carbons (Fsp3) is 0.882. The van der Waals surface area contributed by atoms with Crippen molar-refractivity contribution in [1.82, 2.24) is 15.5 Å². The number of guanidine groups is 1. The zero-order valence-corrected chi connectivity index (χ0v) is 18.2. The smallest absolute Gasteiger partial charge is 0.328 e. The molecule has 1 rings (SSSR count). The van der Waals surface area contributed by atoms with Gasteiger partial charge in [-0.15, -0.1) is 24.0 Å². The second kappa shape index (κ2) is 11.9. The van der Waals surface area contributed by atoms with Gasteiger partial charge < -0.3 is 20.3 Å². The van der Waals surface area contributed by atoms with Gasteiger partial charge in [0.05, 0.1) is 0 Å². The van der Waals surface area contributed by atoms with Gasteiger partial charge in [0, 0.05) is 25.7 Å². The Balaban J connectivity index is 0.00000529. The normalized spacial score (nSPS) is 17.1. The Morgan fingerprint density at radius 2 is 1.88 bits per heavy atom. The Bertz CT molecular complexity index is 389. The monoisotopic (exact) mass is 454 g/mol. The highest BCUT2D eigenvalue weighted by Gasteiger charge is 2.20. The molecule has 0 aromatic heterocycles. The number of nitrogens with zero attached hydrogens (tertiary/aromatic N) is 2. The minimum Gasteiger partial charge on any atom is -0.459 e. The summed E-state index contributed by atoms with van der Waals surface area (Å²) in [6, 6.07) is 0.416. The lowest BCUT2D eigenvalue weighted by Crippen LogP contribution is -2.49. The van der Waals surface area contributed by atoms with Gasteiger partial charge in [0.15, 0.2) is 5.96 Å². The molecule has 2 N–H and O–H groups in total. The first kappa shape index (κ1) is 23.4. The van der Waals surface area contributed by atoms with Crippen molar-refractivity contribution in [3.8, 4) is 0 Å². The quantitative estimate of drug-likeness (QED) is 0.279. The van der Waals surface area contributed by atoms with E-state index in [1.807, 2.05) is 27.7 Å². The molecule has 1 saturated heterocycles. The molecule has 1 fully saturated rings. The van der Waals surface area contributed by atoms with E-state index in [4.69, 9.17) is 4.74 Å². The largest absolute Gasteiger partial charge is 0.459 e. The lowest BCUT2D eigenvalue weighted by atomic mass is 10.1. The van der Waals surface area contributed by atoms with Crippen molar-refractivity contribution in [2.24, 2.45) is 4.99 Å². The van der Waals surface area contributed by atoms with Crippen LogP contribution in [-0.2, 0) is 9.53 Å². The fourth-order valence-corrected chi connectivity index (χ4v) is 2.65. The molecule has 142 valence electrons. The predicted molar refractivity (Wildman–Crippen MR) is 110 cm³/mol. The third kappa shape index (κ3) is 10.3. The van der Waals surface area contributed by atoms with Crippen LogP contribution >= 0.6 is 24.0 Å². The first-order valence-corrected chi connectivity index (χ1v) is 8.83. The minimum atomic E-state index is -0.468. The molecular formula is C17H35IN4O2. The summed E-state index contributed by atoms with van der Waals surface area (Å²) in [5, 5.41) is 6.64. The van der Waals surface area contributed by atoms with E-state index >= 15 is 0 Å². The lowest BCUT2D eigenvalue weighted by molar-refractivity contribution is -0.152. The molecule has 0 radical (unpaired) electrons. The third-order valence-electron chi connectivity index (χ3n) is 3.60. The van der Waals surface area contributed by atoms with Crippen molar-refractivity contribution in [2.75, 3.05) is 32.7 Å². The molecule has 0 unspecified atom stereocenters. The number of nitrogens with one attached hydrogen (secondary N) is 2. The van der Waals surface area contributed by atoms with Crippen LogP contribution in [0.5, 0.6) is 0 Å². The number of hydrogen-bond acceptors (Lipinski definition) is 4. The summed E-state index contributed by atoms with van der Waals surface area (Å²) >= 11 is 0. The summed E-state index contributed by atoms with van der Waals surface area (Å²) in [5.74, 6) is 0.403. The average Bonchev–Trinajstić information content (AvgIpc) is 2.45. The summed E-state index contributed by atoms with van der Waals surface area (Å²) in [6.07, 6.45) is 3.42. The molecule has 0 spiro atoms. The Morgan fingerprint density at radius 3 is 2.38 bits per heavy atom. The van der Waals surface area contributed by atoms with Crippen molar-refractivity contribution in [3.63, 3.8) is 0 Å². The van der Waals surface area contributed by atoms with Crippen molar-refractivity contribution in [1.29, 1.82) is 0 Å². The SMILES string of the molecule is CCCN1CCC(NC(=NCC(=O)OC(C)(C)C)NCC)CC1.I. The van der Waals surface area contributed by atoms with Crippen LogP contribution < -0.4 is 10.6 Å². The van der Waals surface area contributed by atoms with Gasteiger partial charge in [-0.1, -0.05) is 6.92 Å². The molecule has 0 saturated carbocycles. The molecule has 24 heavy (non-hydrogen) atoms. The van der Waals surface area contributed by atoms with Gasteiger partial charge in [0.2, 0.25) is 0 Å². The summed E-state index contributed by atoms with van der Waals surface area (Å²) in [6.45, 7) is 14.1. The number of carbonyl (C=O) groups is 1. The molecular weight excluding hydrogens is 419 g/mol. The highest BCUT2D eigenvalue weighted by atomic mass is 127. The van der Waals surface area contributed by atoms with Gasteiger partial charge in [-0.3, -0.25) is 4.79 Å². The van der Waals surface area contributed by atoms with Crippen molar-refractivity contribution < 1.29 is 9.53 Å². The van der Waals surface area contributed by atoms with Crippen LogP contribution in [-0.4, -0.2) is 61.2 Å². The number of ether oxygens (including phenoxy) is 1. The number of hydrogen-bond donors (Lipinski definition) is 2. The van der Waals surface area contributed by atoms with Crippen LogP contribution in [0.3, 0.4) is 0 Å². The first-order chi connectivity index (χ1) is 10.8. The zero-order chi connectivity index (χ0) is 17.3. The van der Waals surface area contributed by atoms with E-state index in [1.54, 1.807) is 0 Å². The van der Waals surface area contributed by atoms with E-state index in [0.29, 0.717) is 12.0 Å². The van der Waals surface area contributed by atoms with E-state index in [9.17, 15) is 4.79 Å². The van der Waals surface area contributed by atoms with Crippen LogP contribution in [0.15, 0.2) is 4.99 Å². The Kier molecular flexibility index (Phi) is 11.6. The lowest BCUT2D eigenvalue weighted by Gasteiger charge is -2.32. The molecule has 7 heteroatoms. The summed E-state index contributed by atoms with van der Waals surface area (Å²) in [7, 11) is 0. The number of aliphatic imine (C=N–C) groups is 1. The Morgan fingerprint density at radius 1 is 1.25 bits per heavy atom. The average molecular weight is 454 g/mol. The van der Waals surface area contributed by atoms with Gasteiger partial charge in [-0.2, -0.15) is 0 Å². The summed E-state index contributed by atoms with van der Waals surface area (Å²) in [4.78, 5) is 18.6. The number of esters is 1. The molecule has 0 aromatic rings. The van der Waals surface area contributed by atoms with Gasteiger partial charge in [0.1, 0.15) is 12.1 Å². The van der Waals surface area contributed by atoms with E-state index < -0.39 is 5.60 Å². The highest BCUT2D eigenvalue weighted by Crippen LogP contribution is 2.10. The molecule has 0 amide bonds. The Labute approximate surface area is 164 Å². The highest BCUT2D eigenvalue weighted by molar-refractivity contribution is 14.0. The predicted octanol–water partition coefficient (Wildman–Crippen LogP) is 2.38. The molecule has 6 nitrogen and oxygen atoms in total. The molecule has 0 bridgehead atoms. The molecule has 0 atom stereocenters. The molecule has 0 aromatic carbocycles. The molecule has 0 aliphatic carbocycles. The number of rotatable bonds is 6. The number of piperidine rings is 1. The van der Waals surface area contributed by atoms with Crippen LogP contribution in [0.2, 0.25) is 0 Å².